The van der Waals surface area contributed by atoms with Crippen molar-refractivity contribution in [1.82, 2.24) is 0 Å². The Bertz CT molecular complexity index is 810. The lowest BCUT2D eigenvalue weighted by atomic mass is 10.1. The minimum Gasteiger partial charge on any atom is -0.323 e. The number of hydrogen-bond acceptors (Lipinski definition) is 5. The average Bonchev–Trinajstić information content (AvgIpc) is 2.49. The Kier molecular flexibility index (Phi) is 4.12. The number of nitrogens with two attached hydrogens (primary N) is 1. The summed E-state index contributed by atoms with van der Waals surface area (Å²) in [6, 6.07) is 13.1. The summed E-state index contributed by atoms with van der Waals surface area (Å²) in [5.41, 5.74) is 4.10. The van der Waals surface area contributed by atoms with Crippen LogP contribution in [0.4, 0.5) is 11.4 Å². The van der Waals surface area contributed by atoms with E-state index in [-0.39, 0.29) is 4.90 Å². The number of aryl methyl sites for hydroxylation is 1. The molecule has 108 valence electrons. The largest absolute Gasteiger partial charge is 0.323 e. The molecular formula is C14H14N4O2S. The zero-order valence-corrected chi connectivity index (χ0v) is 12.1. The molecule has 4 N–H and O–H groups in total. The van der Waals surface area contributed by atoms with E-state index in [0.29, 0.717) is 16.9 Å². The molecule has 0 saturated heterocycles. The molecule has 0 aliphatic rings. The summed E-state index contributed by atoms with van der Waals surface area (Å²) in [5.74, 6) is 5.33. The van der Waals surface area contributed by atoms with Gasteiger partial charge in [0.1, 0.15) is 4.90 Å². The molecule has 0 bridgehead atoms. The first-order valence-electron chi connectivity index (χ1n) is 6.07. The van der Waals surface area contributed by atoms with E-state index in [2.05, 4.69) is 10.1 Å². The predicted octanol–water partition coefficient (Wildman–Crippen LogP) is 1.95. The lowest BCUT2D eigenvalue weighted by Gasteiger charge is -2.13. The van der Waals surface area contributed by atoms with Gasteiger partial charge in [-0.25, -0.2) is 8.42 Å². The first-order chi connectivity index (χ1) is 9.97. The molecule has 0 aliphatic carbocycles. The van der Waals surface area contributed by atoms with E-state index in [1.807, 2.05) is 6.07 Å². The molecule has 0 spiro atoms. The second-order valence-corrected chi connectivity index (χ2v) is 6.04. The zero-order valence-electron chi connectivity index (χ0n) is 11.3. The summed E-state index contributed by atoms with van der Waals surface area (Å²) in [6.45, 7) is 1.76. The van der Waals surface area contributed by atoms with Crippen molar-refractivity contribution in [2.45, 2.75) is 11.8 Å². The van der Waals surface area contributed by atoms with Crippen LogP contribution in [0.3, 0.4) is 0 Å². The van der Waals surface area contributed by atoms with Crippen molar-refractivity contribution in [2.24, 2.45) is 5.84 Å². The fourth-order valence-corrected chi connectivity index (χ4v) is 3.12. The van der Waals surface area contributed by atoms with Gasteiger partial charge in [0.05, 0.1) is 23.0 Å². The van der Waals surface area contributed by atoms with Crippen LogP contribution in [0, 0.1) is 18.3 Å². The lowest BCUT2D eigenvalue weighted by molar-refractivity contribution is 0.601. The minimum atomic E-state index is -3.81. The van der Waals surface area contributed by atoms with Crippen LogP contribution in [0.2, 0.25) is 0 Å². The van der Waals surface area contributed by atoms with Crippen molar-refractivity contribution in [1.29, 1.82) is 5.26 Å². The van der Waals surface area contributed by atoms with Gasteiger partial charge in [-0.3, -0.25) is 10.6 Å². The third-order valence-electron chi connectivity index (χ3n) is 2.94. The third kappa shape index (κ3) is 3.13. The molecule has 0 unspecified atom stereocenters. The van der Waals surface area contributed by atoms with Gasteiger partial charge >= 0.3 is 0 Å². The molecule has 2 rings (SSSR count). The molecule has 2 aromatic rings. The highest BCUT2D eigenvalue weighted by molar-refractivity contribution is 7.92. The maximum Gasteiger partial charge on any atom is 0.264 e. The van der Waals surface area contributed by atoms with Crippen LogP contribution in [0.1, 0.15) is 11.1 Å². The lowest BCUT2D eigenvalue weighted by Crippen LogP contribution is -2.18. The summed E-state index contributed by atoms with van der Waals surface area (Å²) >= 11 is 0. The van der Waals surface area contributed by atoms with Gasteiger partial charge in [-0.05, 0) is 36.8 Å². The van der Waals surface area contributed by atoms with Gasteiger partial charge in [-0.1, -0.05) is 18.2 Å². The van der Waals surface area contributed by atoms with E-state index >= 15 is 0 Å². The highest BCUT2D eigenvalue weighted by atomic mass is 32.2. The number of nitriles is 1. The van der Waals surface area contributed by atoms with E-state index in [1.165, 1.54) is 12.1 Å². The molecule has 0 fully saturated rings. The SMILES string of the molecule is Cc1ccc(C#N)cc1NS(=O)(=O)c1ccccc1NN. The molecule has 0 radical (unpaired) electrons. The number of rotatable bonds is 4. The second-order valence-electron chi connectivity index (χ2n) is 4.39. The number of anilines is 2. The highest BCUT2D eigenvalue weighted by Crippen LogP contribution is 2.25. The maximum atomic E-state index is 12.4. The summed E-state index contributed by atoms with van der Waals surface area (Å²) in [4.78, 5) is 0.0364. The number of sulfonamides is 1. The van der Waals surface area contributed by atoms with Crippen LogP contribution in [0.15, 0.2) is 47.4 Å². The highest BCUT2D eigenvalue weighted by Gasteiger charge is 2.19. The van der Waals surface area contributed by atoms with E-state index in [0.717, 1.165) is 5.56 Å². The van der Waals surface area contributed by atoms with Crippen LogP contribution in [-0.4, -0.2) is 8.42 Å². The fraction of sp³-hybridized carbons (Fsp3) is 0.0714. The van der Waals surface area contributed by atoms with Crippen molar-refractivity contribution in [3.8, 4) is 6.07 Å². The van der Waals surface area contributed by atoms with Crippen LogP contribution in [0.25, 0.3) is 0 Å². The van der Waals surface area contributed by atoms with Crippen LogP contribution in [-0.2, 0) is 10.0 Å². The van der Waals surface area contributed by atoms with Gasteiger partial charge in [0.25, 0.3) is 10.0 Å². The molecule has 2 aromatic carbocycles. The number of para-hydroxylation sites is 1. The predicted molar refractivity (Wildman–Crippen MR) is 81.0 cm³/mol. The molecule has 0 amide bonds. The van der Waals surface area contributed by atoms with E-state index in [9.17, 15) is 8.42 Å². The van der Waals surface area contributed by atoms with E-state index < -0.39 is 10.0 Å². The third-order valence-corrected chi connectivity index (χ3v) is 4.37. The molecule has 0 aliphatic heterocycles. The van der Waals surface area contributed by atoms with Crippen LogP contribution in [0.5, 0.6) is 0 Å². The molecule has 0 aromatic heterocycles. The quantitative estimate of drug-likeness (QED) is 0.591. The van der Waals surface area contributed by atoms with Crippen molar-refractivity contribution in [3.05, 3.63) is 53.6 Å². The minimum absolute atomic E-state index is 0.0364. The molecule has 7 heteroatoms. The first kappa shape index (κ1) is 14.8. The van der Waals surface area contributed by atoms with Gasteiger partial charge in [0, 0.05) is 0 Å². The van der Waals surface area contributed by atoms with Gasteiger partial charge in [-0.2, -0.15) is 5.26 Å². The number of hydrazine groups is 1. The van der Waals surface area contributed by atoms with Crippen molar-refractivity contribution in [3.63, 3.8) is 0 Å². The number of hydrogen-bond donors (Lipinski definition) is 3. The number of nitrogens with zero attached hydrogens (tertiary/aromatic N) is 1. The molecule has 0 atom stereocenters. The average molecular weight is 302 g/mol. The molecular weight excluding hydrogens is 288 g/mol. The molecule has 6 nitrogen and oxygen atoms in total. The molecule has 21 heavy (non-hydrogen) atoms. The summed E-state index contributed by atoms with van der Waals surface area (Å²) in [5, 5.41) is 8.90. The first-order valence-corrected chi connectivity index (χ1v) is 7.55. The van der Waals surface area contributed by atoms with Gasteiger partial charge in [0.15, 0.2) is 0 Å². The molecule has 0 saturated carbocycles. The summed E-state index contributed by atoms with van der Waals surface area (Å²) in [7, 11) is -3.81. The second kappa shape index (κ2) is 5.83. The van der Waals surface area contributed by atoms with Crippen molar-refractivity contribution >= 4 is 21.4 Å². The Morgan fingerprint density at radius 2 is 1.86 bits per heavy atom. The van der Waals surface area contributed by atoms with Crippen LogP contribution >= 0.6 is 0 Å². The summed E-state index contributed by atoms with van der Waals surface area (Å²) < 4.78 is 27.4. The Morgan fingerprint density at radius 3 is 2.52 bits per heavy atom. The van der Waals surface area contributed by atoms with Crippen molar-refractivity contribution < 1.29 is 8.42 Å². The standard InChI is InChI=1S/C14H14N4O2S/c1-10-6-7-11(9-15)8-13(10)18-21(19,20)14-5-3-2-4-12(14)17-16/h2-8,17-18H,16H2,1H3. The zero-order chi connectivity index (χ0) is 15.5. The Hall–Kier alpha value is -2.56. The van der Waals surface area contributed by atoms with Crippen LogP contribution < -0.4 is 16.0 Å². The Morgan fingerprint density at radius 1 is 1.14 bits per heavy atom. The van der Waals surface area contributed by atoms with E-state index in [4.69, 9.17) is 11.1 Å². The Labute approximate surface area is 123 Å². The smallest absolute Gasteiger partial charge is 0.264 e. The topological polar surface area (TPSA) is 108 Å². The van der Waals surface area contributed by atoms with Crippen molar-refractivity contribution in [2.75, 3.05) is 10.1 Å². The number of nitrogen functional groups attached to an aromatic ring is 1. The van der Waals surface area contributed by atoms with Gasteiger partial charge < -0.3 is 5.43 Å². The molecule has 0 heterocycles. The number of nitrogens with one attached hydrogen (secondary N) is 2. The van der Waals surface area contributed by atoms with Gasteiger partial charge in [-0.15, -0.1) is 0 Å². The summed E-state index contributed by atoms with van der Waals surface area (Å²) in [6.07, 6.45) is 0. The van der Waals surface area contributed by atoms with Gasteiger partial charge in [0.2, 0.25) is 0 Å². The monoisotopic (exact) mass is 302 g/mol. The Balaban J connectivity index is 2.45. The maximum absolute atomic E-state index is 12.4. The van der Waals surface area contributed by atoms with E-state index in [1.54, 1.807) is 37.3 Å². The fourth-order valence-electron chi connectivity index (χ4n) is 1.82. The number of benzene rings is 2. The normalized spacial score (nSPS) is 10.7.